The number of carboxylic acids is 1. The Hall–Kier alpha value is -2.52. The molecule has 0 aliphatic rings. The Kier molecular flexibility index (Phi) is 6.42. The summed E-state index contributed by atoms with van der Waals surface area (Å²) in [6.45, 7) is 2.64. The standard InChI is InChI=1S/C13H18N4O5/c1-8-2-3-9(11(6-8)17(21)22)16-12(18)7-10(13(19)20)15-5-4-14/h2-3,6,10,15H,4-5,7,14H2,1H3,(H,16,18)(H,19,20)/p+1/t10-/m0/s1. The van der Waals surface area contributed by atoms with E-state index in [1.807, 2.05) is 0 Å². The number of nitro benzene ring substituents is 1. The average Bonchev–Trinajstić information content (AvgIpc) is 2.44. The Balaban J connectivity index is 2.80. The summed E-state index contributed by atoms with van der Waals surface area (Å²) in [4.78, 5) is 33.2. The van der Waals surface area contributed by atoms with Crippen molar-refractivity contribution in [2.45, 2.75) is 19.4 Å². The summed E-state index contributed by atoms with van der Waals surface area (Å²) in [6, 6.07) is 3.32. The molecule has 0 radical (unpaired) electrons. The number of nitrogens with one attached hydrogen (secondary N) is 1. The lowest BCUT2D eigenvalue weighted by Gasteiger charge is -2.15. The predicted octanol–water partition coefficient (Wildman–Crippen LogP) is -2.84. The van der Waals surface area contributed by atoms with Gasteiger partial charge in [-0.1, -0.05) is 6.07 Å². The zero-order valence-electron chi connectivity index (χ0n) is 12.2. The minimum atomic E-state index is -1.36. The molecule has 0 saturated carbocycles. The van der Waals surface area contributed by atoms with Crippen LogP contribution in [0.2, 0.25) is 0 Å². The summed E-state index contributed by atoms with van der Waals surface area (Å²) in [5.74, 6) is -1.98. The number of anilines is 1. The predicted molar refractivity (Wildman–Crippen MR) is 74.4 cm³/mol. The van der Waals surface area contributed by atoms with Crippen LogP contribution in [0.4, 0.5) is 11.4 Å². The highest BCUT2D eigenvalue weighted by molar-refractivity contribution is 5.95. The summed E-state index contributed by atoms with van der Waals surface area (Å²) in [7, 11) is 0. The normalized spacial score (nSPS) is 11.7. The first-order valence-electron chi connectivity index (χ1n) is 6.73. The van der Waals surface area contributed by atoms with Gasteiger partial charge in [0.2, 0.25) is 5.91 Å². The summed E-state index contributed by atoms with van der Waals surface area (Å²) >= 11 is 0. The molecule has 0 aliphatic carbocycles. The number of quaternary nitrogens is 2. The number of amides is 1. The van der Waals surface area contributed by atoms with Crippen LogP contribution in [-0.4, -0.2) is 35.9 Å². The van der Waals surface area contributed by atoms with Crippen molar-refractivity contribution in [2.24, 2.45) is 0 Å². The number of nitrogens with zero attached hydrogens (tertiary/aromatic N) is 1. The molecule has 0 heterocycles. The number of aryl methyl sites for hydroxylation is 1. The third-order valence-corrected chi connectivity index (χ3v) is 2.99. The summed E-state index contributed by atoms with van der Waals surface area (Å²) in [6.07, 6.45) is -0.340. The fraction of sp³-hybridized carbons (Fsp3) is 0.385. The van der Waals surface area contributed by atoms with Crippen LogP contribution in [0.5, 0.6) is 0 Å². The van der Waals surface area contributed by atoms with Gasteiger partial charge in [0.05, 0.1) is 17.3 Å². The van der Waals surface area contributed by atoms with Gasteiger partial charge in [-0.15, -0.1) is 0 Å². The molecule has 0 saturated heterocycles. The van der Waals surface area contributed by atoms with Crippen molar-refractivity contribution < 1.29 is 30.7 Å². The van der Waals surface area contributed by atoms with Crippen LogP contribution in [0.15, 0.2) is 18.2 Å². The highest BCUT2D eigenvalue weighted by Crippen LogP contribution is 2.25. The van der Waals surface area contributed by atoms with Crippen LogP contribution in [0.25, 0.3) is 0 Å². The number of hydrogen-bond acceptors (Lipinski definition) is 5. The van der Waals surface area contributed by atoms with Crippen molar-refractivity contribution >= 4 is 23.3 Å². The molecule has 0 unspecified atom stereocenters. The topological polar surface area (TPSA) is 157 Å². The molecule has 0 aliphatic heterocycles. The first kappa shape index (κ1) is 17.5. The molecule has 0 aromatic heterocycles. The molecule has 22 heavy (non-hydrogen) atoms. The van der Waals surface area contributed by atoms with Crippen molar-refractivity contribution in [2.75, 3.05) is 18.4 Å². The molecular weight excluding hydrogens is 292 g/mol. The number of benzene rings is 1. The van der Waals surface area contributed by atoms with Crippen molar-refractivity contribution in [3.63, 3.8) is 0 Å². The number of rotatable bonds is 8. The number of carbonyl (C=O) groups is 2. The Bertz CT molecular complexity index is 576. The monoisotopic (exact) mass is 311 g/mol. The number of aliphatic carboxylic acids is 1. The Morgan fingerprint density at radius 1 is 1.45 bits per heavy atom. The fourth-order valence-electron chi connectivity index (χ4n) is 1.88. The van der Waals surface area contributed by atoms with Crippen LogP contribution in [0, 0.1) is 17.0 Å². The highest BCUT2D eigenvalue weighted by Gasteiger charge is 2.21. The smallest absolute Gasteiger partial charge is 0.293 e. The lowest BCUT2D eigenvalue weighted by Crippen LogP contribution is -2.95. The second-order valence-corrected chi connectivity index (χ2v) is 4.83. The molecule has 0 spiro atoms. The minimum Gasteiger partial charge on any atom is -0.544 e. The van der Waals surface area contributed by atoms with E-state index in [9.17, 15) is 24.8 Å². The van der Waals surface area contributed by atoms with Crippen LogP contribution < -0.4 is 21.5 Å². The minimum absolute atomic E-state index is 0.0369. The largest absolute Gasteiger partial charge is 0.544 e. The molecular formula is C13H19N4O5+. The molecule has 1 aromatic rings. The van der Waals surface area contributed by atoms with Crippen LogP contribution in [0.3, 0.4) is 0 Å². The Labute approximate surface area is 126 Å². The van der Waals surface area contributed by atoms with E-state index in [0.29, 0.717) is 18.7 Å². The third-order valence-electron chi connectivity index (χ3n) is 2.99. The maximum absolute atomic E-state index is 11.9. The molecule has 1 rings (SSSR count). The van der Waals surface area contributed by atoms with Gasteiger partial charge in [-0.2, -0.15) is 0 Å². The summed E-state index contributed by atoms with van der Waals surface area (Å²) in [5.41, 5.74) is 4.07. The van der Waals surface area contributed by atoms with Gasteiger partial charge in [-0.25, -0.2) is 0 Å². The molecule has 1 amide bonds. The van der Waals surface area contributed by atoms with Gasteiger partial charge in [0.15, 0.2) is 0 Å². The van der Waals surface area contributed by atoms with Gasteiger partial charge in [0.25, 0.3) is 5.69 Å². The van der Waals surface area contributed by atoms with E-state index in [4.69, 9.17) is 0 Å². The quantitative estimate of drug-likeness (QED) is 0.348. The van der Waals surface area contributed by atoms with Gasteiger partial charge in [-0.3, -0.25) is 14.9 Å². The molecule has 1 atom stereocenters. The van der Waals surface area contributed by atoms with Crippen LogP contribution in [0.1, 0.15) is 12.0 Å². The number of nitrogens with two attached hydrogens (primary N) is 1. The summed E-state index contributed by atoms with van der Waals surface area (Å²) in [5, 5.41) is 25.7. The Morgan fingerprint density at radius 2 is 2.14 bits per heavy atom. The zero-order valence-corrected chi connectivity index (χ0v) is 12.2. The molecule has 120 valence electrons. The number of carbonyl (C=O) groups excluding carboxylic acids is 2. The highest BCUT2D eigenvalue weighted by atomic mass is 16.6. The van der Waals surface area contributed by atoms with Crippen molar-refractivity contribution in [1.29, 1.82) is 0 Å². The maximum atomic E-state index is 11.9. The third kappa shape index (κ3) is 5.11. The lowest BCUT2D eigenvalue weighted by molar-refractivity contribution is -0.695. The van der Waals surface area contributed by atoms with E-state index in [-0.39, 0.29) is 17.8 Å². The molecule has 6 N–H and O–H groups in total. The van der Waals surface area contributed by atoms with Crippen molar-refractivity contribution in [3.8, 4) is 0 Å². The molecule has 9 nitrogen and oxygen atoms in total. The first-order valence-corrected chi connectivity index (χ1v) is 6.73. The molecule has 0 fully saturated rings. The van der Waals surface area contributed by atoms with Gasteiger partial charge in [0.1, 0.15) is 24.8 Å². The molecule has 0 bridgehead atoms. The zero-order chi connectivity index (χ0) is 16.7. The summed E-state index contributed by atoms with van der Waals surface area (Å²) < 4.78 is 0. The van der Waals surface area contributed by atoms with Gasteiger partial charge >= 0.3 is 0 Å². The first-order chi connectivity index (χ1) is 10.3. The second-order valence-electron chi connectivity index (χ2n) is 4.83. The maximum Gasteiger partial charge on any atom is 0.293 e. The van der Waals surface area contributed by atoms with Gasteiger partial charge < -0.3 is 26.3 Å². The van der Waals surface area contributed by atoms with E-state index in [1.54, 1.807) is 13.0 Å². The Morgan fingerprint density at radius 3 is 2.68 bits per heavy atom. The van der Waals surface area contributed by atoms with E-state index < -0.39 is 22.8 Å². The van der Waals surface area contributed by atoms with Gasteiger partial charge in [0, 0.05) is 6.07 Å². The van der Waals surface area contributed by atoms with E-state index >= 15 is 0 Å². The second kappa shape index (κ2) is 8.05. The van der Waals surface area contributed by atoms with E-state index in [0.717, 1.165) is 0 Å². The number of hydrogen-bond donors (Lipinski definition) is 3. The van der Waals surface area contributed by atoms with Crippen LogP contribution in [-0.2, 0) is 9.59 Å². The number of nitro groups is 1. The van der Waals surface area contributed by atoms with Crippen molar-refractivity contribution in [1.82, 2.24) is 0 Å². The lowest BCUT2D eigenvalue weighted by atomic mass is 10.1. The van der Waals surface area contributed by atoms with Crippen LogP contribution >= 0.6 is 0 Å². The molecule has 9 heteroatoms. The number of carboxylic acid groups (broad SMARTS) is 1. The van der Waals surface area contributed by atoms with Gasteiger partial charge in [-0.05, 0) is 18.6 Å². The SMILES string of the molecule is Cc1ccc(NC(=O)C[C@H]([NH2+]CC[NH3+])C(=O)[O-])c([N+](=O)[O-])c1. The van der Waals surface area contributed by atoms with E-state index in [2.05, 4.69) is 11.1 Å². The van der Waals surface area contributed by atoms with Crippen molar-refractivity contribution in [3.05, 3.63) is 33.9 Å². The average molecular weight is 311 g/mol. The molecule has 1 aromatic carbocycles. The fourth-order valence-corrected chi connectivity index (χ4v) is 1.88. The van der Waals surface area contributed by atoms with E-state index in [1.165, 1.54) is 17.4 Å².